The zero-order valence-corrected chi connectivity index (χ0v) is 10.1. The van der Waals surface area contributed by atoms with Crippen molar-refractivity contribution in [3.63, 3.8) is 0 Å². The number of hydrogen-bond acceptors (Lipinski definition) is 3. The number of nitrogens with zero attached hydrogens (tertiary/aromatic N) is 1. The number of aliphatic hydroxyl groups is 1. The molecule has 1 rings (SSSR count). The Labute approximate surface area is 104 Å². The fourth-order valence-electron chi connectivity index (χ4n) is 1.50. The summed E-state index contributed by atoms with van der Waals surface area (Å²) in [5, 5.41) is 9.17. The van der Waals surface area contributed by atoms with Gasteiger partial charge < -0.3 is 14.7 Å². The molecular formula is C12H15F2NO3. The van der Waals surface area contributed by atoms with E-state index in [1.165, 1.54) is 36.2 Å². The second-order valence-electron chi connectivity index (χ2n) is 3.94. The van der Waals surface area contributed by atoms with Gasteiger partial charge in [0.25, 0.3) is 5.91 Å². The largest absolute Gasteiger partial charge is 0.435 e. The number of benzene rings is 1. The minimum Gasteiger partial charge on any atom is -0.435 e. The summed E-state index contributed by atoms with van der Waals surface area (Å²) in [6, 6.07) is 5.55. The smallest absolute Gasteiger partial charge is 0.387 e. The normalized spacial score (nSPS) is 12.3. The molecule has 1 atom stereocenters. The van der Waals surface area contributed by atoms with Crippen molar-refractivity contribution in [1.29, 1.82) is 0 Å². The van der Waals surface area contributed by atoms with Gasteiger partial charge in [0, 0.05) is 19.2 Å². The Morgan fingerprint density at radius 3 is 2.72 bits per heavy atom. The molecule has 0 radical (unpaired) electrons. The van der Waals surface area contributed by atoms with Crippen molar-refractivity contribution in [3.05, 3.63) is 29.8 Å². The molecule has 0 aliphatic carbocycles. The molecule has 18 heavy (non-hydrogen) atoms. The molecule has 0 bridgehead atoms. The number of carbonyl (C=O) groups is 1. The molecule has 1 N–H and O–H groups in total. The average molecular weight is 259 g/mol. The van der Waals surface area contributed by atoms with E-state index < -0.39 is 12.7 Å². The van der Waals surface area contributed by atoms with Gasteiger partial charge in [0.2, 0.25) is 0 Å². The molecule has 0 saturated carbocycles. The second-order valence-corrected chi connectivity index (χ2v) is 3.94. The van der Waals surface area contributed by atoms with E-state index >= 15 is 0 Å². The van der Waals surface area contributed by atoms with Crippen LogP contribution in [0.3, 0.4) is 0 Å². The third-order valence-electron chi connectivity index (χ3n) is 2.19. The summed E-state index contributed by atoms with van der Waals surface area (Å²) >= 11 is 0. The highest BCUT2D eigenvalue weighted by atomic mass is 19.3. The SMILES string of the molecule is CC(O)CN(C)C(=O)c1cccc(OC(F)F)c1. The van der Waals surface area contributed by atoms with Crippen LogP contribution >= 0.6 is 0 Å². The van der Waals surface area contributed by atoms with Gasteiger partial charge in [-0.1, -0.05) is 6.07 Å². The summed E-state index contributed by atoms with van der Waals surface area (Å²) in [6.07, 6.45) is -0.653. The van der Waals surface area contributed by atoms with Crippen molar-refractivity contribution in [1.82, 2.24) is 4.90 Å². The lowest BCUT2D eigenvalue weighted by Gasteiger charge is -2.19. The maximum absolute atomic E-state index is 12.0. The van der Waals surface area contributed by atoms with Crippen LogP contribution in [0.2, 0.25) is 0 Å². The average Bonchev–Trinajstić information content (AvgIpc) is 2.26. The standard InChI is InChI=1S/C12H15F2NO3/c1-8(16)7-15(2)11(17)9-4-3-5-10(6-9)18-12(13)14/h3-6,8,12,16H,7H2,1-2H3. The summed E-state index contributed by atoms with van der Waals surface area (Å²) in [6.45, 7) is -1.20. The van der Waals surface area contributed by atoms with Crippen molar-refractivity contribution >= 4 is 5.91 Å². The predicted molar refractivity (Wildman–Crippen MR) is 61.7 cm³/mol. The Morgan fingerprint density at radius 1 is 1.50 bits per heavy atom. The summed E-state index contributed by atoms with van der Waals surface area (Å²) in [5.74, 6) is -0.433. The molecule has 0 saturated heterocycles. The van der Waals surface area contributed by atoms with Crippen molar-refractivity contribution in [2.24, 2.45) is 0 Å². The van der Waals surface area contributed by atoms with Crippen LogP contribution in [-0.4, -0.2) is 42.2 Å². The highest BCUT2D eigenvalue weighted by Gasteiger charge is 2.14. The first-order chi connectivity index (χ1) is 8.40. The molecule has 1 aromatic carbocycles. The van der Waals surface area contributed by atoms with Crippen LogP contribution in [-0.2, 0) is 0 Å². The van der Waals surface area contributed by atoms with E-state index in [1.54, 1.807) is 6.92 Å². The Hall–Kier alpha value is -1.69. The van der Waals surface area contributed by atoms with E-state index in [0.29, 0.717) is 0 Å². The van der Waals surface area contributed by atoms with Crippen LogP contribution < -0.4 is 4.74 Å². The van der Waals surface area contributed by atoms with Crippen molar-refractivity contribution in [2.75, 3.05) is 13.6 Å². The van der Waals surface area contributed by atoms with Crippen LogP contribution in [0.25, 0.3) is 0 Å². The van der Waals surface area contributed by atoms with Crippen LogP contribution in [0.4, 0.5) is 8.78 Å². The zero-order chi connectivity index (χ0) is 13.7. The first-order valence-corrected chi connectivity index (χ1v) is 5.38. The van der Waals surface area contributed by atoms with Gasteiger partial charge in [-0.3, -0.25) is 4.79 Å². The van der Waals surface area contributed by atoms with E-state index in [9.17, 15) is 18.7 Å². The number of hydrogen-bond donors (Lipinski definition) is 1. The van der Waals surface area contributed by atoms with Gasteiger partial charge in [0.15, 0.2) is 0 Å². The molecule has 0 fully saturated rings. The highest BCUT2D eigenvalue weighted by molar-refractivity contribution is 5.94. The quantitative estimate of drug-likeness (QED) is 0.876. The lowest BCUT2D eigenvalue weighted by molar-refractivity contribution is -0.0499. The molecule has 4 nitrogen and oxygen atoms in total. The maximum atomic E-state index is 12.0. The third kappa shape index (κ3) is 4.29. The number of carbonyl (C=O) groups excluding carboxylic acids is 1. The summed E-state index contributed by atoms with van der Waals surface area (Å²) < 4.78 is 28.3. The molecule has 1 unspecified atom stereocenters. The number of aliphatic hydroxyl groups excluding tert-OH is 1. The van der Waals surface area contributed by atoms with E-state index in [1.807, 2.05) is 0 Å². The van der Waals surface area contributed by atoms with Gasteiger partial charge in [-0.2, -0.15) is 8.78 Å². The molecule has 0 aliphatic heterocycles. The molecular weight excluding hydrogens is 244 g/mol. The summed E-state index contributed by atoms with van der Waals surface area (Å²) in [7, 11) is 1.52. The number of likely N-dealkylation sites (N-methyl/N-ethyl adjacent to an activating group) is 1. The number of amides is 1. The third-order valence-corrected chi connectivity index (χ3v) is 2.19. The van der Waals surface area contributed by atoms with E-state index in [0.717, 1.165) is 0 Å². The first kappa shape index (κ1) is 14.4. The van der Waals surface area contributed by atoms with Crippen LogP contribution in [0.15, 0.2) is 24.3 Å². The fourth-order valence-corrected chi connectivity index (χ4v) is 1.50. The van der Waals surface area contributed by atoms with Crippen molar-refractivity contribution in [3.8, 4) is 5.75 Å². The lowest BCUT2D eigenvalue weighted by Crippen LogP contribution is -2.33. The van der Waals surface area contributed by atoms with E-state index in [2.05, 4.69) is 4.74 Å². The monoisotopic (exact) mass is 259 g/mol. The van der Waals surface area contributed by atoms with E-state index in [-0.39, 0.29) is 23.8 Å². The van der Waals surface area contributed by atoms with Gasteiger partial charge in [-0.25, -0.2) is 0 Å². The van der Waals surface area contributed by atoms with Crippen molar-refractivity contribution in [2.45, 2.75) is 19.6 Å². The first-order valence-electron chi connectivity index (χ1n) is 5.38. The summed E-state index contributed by atoms with van der Waals surface area (Å²) in [5.41, 5.74) is 0.233. The Bertz CT molecular complexity index is 410. The molecule has 0 aromatic heterocycles. The van der Waals surface area contributed by atoms with Gasteiger partial charge in [-0.15, -0.1) is 0 Å². The minimum absolute atomic E-state index is 0.0682. The van der Waals surface area contributed by atoms with Crippen LogP contribution in [0.5, 0.6) is 5.75 Å². The van der Waals surface area contributed by atoms with Gasteiger partial charge in [-0.05, 0) is 25.1 Å². The molecule has 0 aliphatic rings. The predicted octanol–water partition coefficient (Wildman–Crippen LogP) is 1.74. The molecule has 100 valence electrons. The maximum Gasteiger partial charge on any atom is 0.387 e. The topological polar surface area (TPSA) is 49.8 Å². The van der Waals surface area contributed by atoms with E-state index in [4.69, 9.17) is 0 Å². The molecule has 1 aromatic rings. The Balaban J connectivity index is 2.79. The molecule has 1 amide bonds. The van der Waals surface area contributed by atoms with Crippen LogP contribution in [0.1, 0.15) is 17.3 Å². The molecule has 0 heterocycles. The molecule has 0 spiro atoms. The number of ether oxygens (including phenoxy) is 1. The number of alkyl halides is 2. The Kier molecular flexibility index (Phi) is 5.03. The fraction of sp³-hybridized carbons (Fsp3) is 0.417. The minimum atomic E-state index is -2.93. The Morgan fingerprint density at radius 2 is 2.17 bits per heavy atom. The van der Waals surface area contributed by atoms with Gasteiger partial charge >= 0.3 is 6.61 Å². The molecule has 6 heteroatoms. The highest BCUT2D eigenvalue weighted by Crippen LogP contribution is 2.17. The zero-order valence-electron chi connectivity index (χ0n) is 10.1. The number of halogens is 2. The van der Waals surface area contributed by atoms with Crippen molar-refractivity contribution < 1.29 is 23.4 Å². The number of rotatable bonds is 5. The van der Waals surface area contributed by atoms with Crippen LogP contribution in [0, 0.1) is 0 Å². The second kappa shape index (κ2) is 6.30. The summed E-state index contributed by atoms with van der Waals surface area (Å²) in [4.78, 5) is 13.2. The van der Waals surface area contributed by atoms with Gasteiger partial charge in [0.1, 0.15) is 5.75 Å². The lowest BCUT2D eigenvalue weighted by atomic mass is 10.2. The van der Waals surface area contributed by atoms with Gasteiger partial charge in [0.05, 0.1) is 6.10 Å².